The third kappa shape index (κ3) is 6.14. The van der Waals surface area contributed by atoms with Gasteiger partial charge in [0.15, 0.2) is 0 Å². The largest absolute Gasteiger partial charge is 0.416 e. The van der Waals surface area contributed by atoms with E-state index in [0.717, 1.165) is 17.7 Å². The van der Waals surface area contributed by atoms with Gasteiger partial charge in [-0.05, 0) is 31.5 Å². The minimum absolute atomic E-state index is 0.0834. The molecule has 0 aromatic heterocycles. The van der Waals surface area contributed by atoms with Crippen molar-refractivity contribution in [1.82, 2.24) is 10.2 Å². The highest BCUT2D eigenvalue weighted by Gasteiger charge is 2.30. The molecule has 23 heavy (non-hydrogen) atoms. The summed E-state index contributed by atoms with van der Waals surface area (Å²) in [7, 11) is 1.43. The van der Waals surface area contributed by atoms with Crippen molar-refractivity contribution in [2.75, 3.05) is 13.6 Å². The first-order chi connectivity index (χ1) is 10.6. The second-order valence-electron chi connectivity index (χ2n) is 5.29. The van der Waals surface area contributed by atoms with E-state index in [1.54, 1.807) is 13.8 Å². The van der Waals surface area contributed by atoms with Gasteiger partial charge in [0, 0.05) is 19.7 Å². The first-order valence-electron chi connectivity index (χ1n) is 6.94. The molecule has 0 aliphatic carbocycles. The molecule has 0 spiro atoms. The summed E-state index contributed by atoms with van der Waals surface area (Å²) < 4.78 is 38.2. The number of rotatable bonds is 5. The van der Waals surface area contributed by atoms with Crippen LogP contribution in [0.5, 0.6) is 0 Å². The smallest absolute Gasteiger partial charge is 0.358 e. The van der Waals surface area contributed by atoms with Crippen molar-refractivity contribution >= 4 is 11.8 Å². The van der Waals surface area contributed by atoms with Crippen LogP contribution in [0.25, 0.3) is 0 Å². The van der Waals surface area contributed by atoms with Gasteiger partial charge in [0.1, 0.15) is 6.54 Å². The lowest BCUT2D eigenvalue weighted by molar-refractivity contribution is -0.137. The summed E-state index contributed by atoms with van der Waals surface area (Å²) in [6.45, 7) is 3.13. The van der Waals surface area contributed by atoms with Crippen molar-refractivity contribution < 1.29 is 22.8 Å². The summed E-state index contributed by atoms with van der Waals surface area (Å²) in [6.07, 6.45) is -3.11. The first kappa shape index (κ1) is 18.7. The average Bonchev–Trinajstić information content (AvgIpc) is 2.45. The van der Waals surface area contributed by atoms with E-state index < -0.39 is 23.6 Å². The topological polar surface area (TPSA) is 49.4 Å². The normalized spacial score (nSPS) is 10.9. The van der Waals surface area contributed by atoms with Gasteiger partial charge in [0.25, 0.3) is 0 Å². The molecule has 1 rings (SSSR count). The quantitative estimate of drug-likeness (QED) is 0.845. The van der Waals surface area contributed by atoms with Gasteiger partial charge in [0.2, 0.25) is 11.8 Å². The second-order valence-corrected chi connectivity index (χ2v) is 5.29. The number of alkyl halides is 3. The molecular formula is C16H19F3N2O2. The Morgan fingerprint density at radius 2 is 1.91 bits per heavy atom. The minimum atomic E-state index is -4.45. The number of halogens is 3. The maximum Gasteiger partial charge on any atom is 0.416 e. The van der Waals surface area contributed by atoms with E-state index in [1.165, 1.54) is 30.2 Å². The molecule has 0 atom stereocenters. The van der Waals surface area contributed by atoms with Gasteiger partial charge in [-0.3, -0.25) is 9.59 Å². The molecule has 7 heteroatoms. The summed E-state index contributed by atoms with van der Waals surface area (Å²) in [5.74, 6) is -0.821. The standard InChI is InChI=1S/C16H19F3N2O2/c1-11(2)7-15(23)21(10-14(22)20-3)9-12-5-4-6-13(8-12)16(17,18)19/h4-8H,9-10H2,1-3H3,(H,20,22). The molecule has 1 N–H and O–H groups in total. The number of hydrogen-bond acceptors (Lipinski definition) is 2. The predicted molar refractivity (Wildman–Crippen MR) is 80.4 cm³/mol. The summed E-state index contributed by atoms with van der Waals surface area (Å²) in [5, 5.41) is 2.39. The van der Waals surface area contributed by atoms with Crippen LogP contribution in [0, 0.1) is 0 Å². The molecule has 2 amide bonds. The molecule has 126 valence electrons. The molecule has 1 aromatic carbocycles. The molecule has 4 nitrogen and oxygen atoms in total. The van der Waals surface area contributed by atoms with E-state index in [9.17, 15) is 22.8 Å². The number of likely N-dealkylation sites (N-methyl/N-ethyl adjacent to an activating group) is 1. The zero-order valence-corrected chi connectivity index (χ0v) is 13.2. The van der Waals surface area contributed by atoms with Crippen molar-refractivity contribution in [3.05, 3.63) is 47.0 Å². The fourth-order valence-electron chi connectivity index (χ4n) is 1.87. The summed E-state index contributed by atoms with van der Waals surface area (Å²) in [4.78, 5) is 24.9. The van der Waals surface area contributed by atoms with Gasteiger partial charge in [-0.2, -0.15) is 13.2 Å². The van der Waals surface area contributed by atoms with E-state index in [0.29, 0.717) is 5.56 Å². The molecule has 0 saturated heterocycles. The van der Waals surface area contributed by atoms with Crippen LogP contribution in [-0.4, -0.2) is 30.3 Å². The number of amides is 2. The van der Waals surface area contributed by atoms with Crippen LogP contribution in [0.15, 0.2) is 35.9 Å². The van der Waals surface area contributed by atoms with E-state index in [-0.39, 0.29) is 13.1 Å². The highest BCUT2D eigenvalue weighted by molar-refractivity contribution is 5.91. The molecule has 0 saturated carbocycles. The Morgan fingerprint density at radius 1 is 1.26 bits per heavy atom. The molecule has 0 aliphatic rings. The monoisotopic (exact) mass is 328 g/mol. The van der Waals surface area contributed by atoms with Crippen molar-refractivity contribution in [2.45, 2.75) is 26.6 Å². The number of carbonyl (C=O) groups is 2. The highest BCUT2D eigenvalue weighted by atomic mass is 19.4. The summed E-state index contributed by atoms with van der Waals surface area (Å²) in [6, 6.07) is 4.71. The van der Waals surface area contributed by atoms with E-state index in [2.05, 4.69) is 5.32 Å². The van der Waals surface area contributed by atoms with Gasteiger partial charge in [-0.25, -0.2) is 0 Å². The summed E-state index contributed by atoms with van der Waals surface area (Å²) >= 11 is 0. The zero-order chi connectivity index (χ0) is 17.6. The van der Waals surface area contributed by atoms with Crippen molar-refractivity contribution in [1.29, 1.82) is 0 Å². The Kier molecular flexibility index (Phi) is 6.36. The molecular weight excluding hydrogens is 309 g/mol. The molecule has 0 heterocycles. The highest BCUT2D eigenvalue weighted by Crippen LogP contribution is 2.29. The third-order valence-electron chi connectivity index (χ3n) is 2.96. The predicted octanol–water partition coefficient (Wildman–Crippen LogP) is 2.75. The fourth-order valence-corrected chi connectivity index (χ4v) is 1.87. The molecule has 0 bridgehead atoms. The number of nitrogens with zero attached hydrogens (tertiary/aromatic N) is 1. The lowest BCUT2D eigenvalue weighted by Crippen LogP contribution is -2.38. The second kappa shape index (κ2) is 7.80. The first-order valence-corrected chi connectivity index (χ1v) is 6.94. The molecule has 0 unspecified atom stereocenters. The molecule has 1 aromatic rings. The number of benzene rings is 1. The van der Waals surface area contributed by atoms with Crippen LogP contribution in [0.4, 0.5) is 13.2 Å². The van der Waals surface area contributed by atoms with Crippen molar-refractivity contribution in [3.63, 3.8) is 0 Å². The SMILES string of the molecule is CNC(=O)CN(Cc1cccc(C(F)(F)F)c1)C(=O)C=C(C)C. The average molecular weight is 328 g/mol. The number of nitrogens with one attached hydrogen (secondary N) is 1. The van der Waals surface area contributed by atoms with Crippen LogP contribution in [-0.2, 0) is 22.3 Å². The number of carbonyl (C=O) groups excluding carboxylic acids is 2. The molecule has 0 radical (unpaired) electrons. The van der Waals surface area contributed by atoms with Crippen molar-refractivity contribution in [2.24, 2.45) is 0 Å². The lowest BCUT2D eigenvalue weighted by atomic mass is 10.1. The maximum absolute atomic E-state index is 12.7. The Bertz CT molecular complexity index is 606. The van der Waals surface area contributed by atoms with E-state index >= 15 is 0 Å². The number of allylic oxidation sites excluding steroid dienone is 1. The molecule has 0 fully saturated rings. The Labute approximate surface area is 133 Å². The van der Waals surface area contributed by atoms with Crippen LogP contribution in [0.1, 0.15) is 25.0 Å². The van der Waals surface area contributed by atoms with Gasteiger partial charge in [-0.1, -0.05) is 17.7 Å². The van der Waals surface area contributed by atoms with Crippen LogP contribution in [0.3, 0.4) is 0 Å². The summed E-state index contributed by atoms with van der Waals surface area (Å²) in [5.41, 5.74) is 0.254. The van der Waals surface area contributed by atoms with Gasteiger partial charge < -0.3 is 10.2 Å². The fraction of sp³-hybridized carbons (Fsp3) is 0.375. The van der Waals surface area contributed by atoms with Crippen LogP contribution < -0.4 is 5.32 Å². The van der Waals surface area contributed by atoms with Crippen molar-refractivity contribution in [3.8, 4) is 0 Å². The minimum Gasteiger partial charge on any atom is -0.358 e. The van der Waals surface area contributed by atoms with Gasteiger partial charge >= 0.3 is 6.18 Å². The third-order valence-corrected chi connectivity index (χ3v) is 2.96. The molecule has 0 aliphatic heterocycles. The van der Waals surface area contributed by atoms with E-state index in [1.807, 2.05) is 0 Å². The van der Waals surface area contributed by atoms with Gasteiger partial charge in [-0.15, -0.1) is 0 Å². The Hall–Kier alpha value is -2.31. The van der Waals surface area contributed by atoms with Gasteiger partial charge in [0.05, 0.1) is 5.56 Å². The zero-order valence-electron chi connectivity index (χ0n) is 13.2. The van der Waals surface area contributed by atoms with Crippen LogP contribution >= 0.6 is 0 Å². The Morgan fingerprint density at radius 3 is 2.43 bits per heavy atom. The number of hydrogen-bond donors (Lipinski definition) is 1. The maximum atomic E-state index is 12.7. The Balaban J connectivity index is 3.03. The lowest BCUT2D eigenvalue weighted by Gasteiger charge is -2.21. The van der Waals surface area contributed by atoms with E-state index in [4.69, 9.17) is 0 Å². The van der Waals surface area contributed by atoms with Crippen LogP contribution in [0.2, 0.25) is 0 Å².